The number of hydrogen-bond acceptors (Lipinski definition) is 3. The summed E-state index contributed by atoms with van der Waals surface area (Å²) < 4.78 is 77.0. The predicted octanol–water partition coefficient (Wildman–Crippen LogP) is 4.24. The normalized spacial score (nSPS) is 11.9. The monoisotopic (exact) mass is 345 g/mol. The van der Waals surface area contributed by atoms with Crippen molar-refractivity contribution in [1.29, 1.82) is 0 Å². The molecule has 22 heavy (non-hydrogen) atoms. The molecule has 1 aromatic carbocycles. The summed E-state index contributed by atoms with van der Waals surface area (Å²) in [5.41, 5.74) is -0.0541. The van der Waals surface area contributed by atoms with E-state index in [4.69, 9.17) is 4.74 Å². The van der Waals surface area contributed by atoms with Crippen LogP contribution in [0.15, 0.2) is 24.3 Å². The Bertz CT molecular complexity index is 510. The number of carbonyl (C=O) groups is 1. The topological polar surface area (TPSA) is 38.3 Å². The van der Waals surface area contributed by atoms with Crippen molar-refractivity contribution in [2.45, 2.75) is 25.2 Å². The fourth-order valence-electron chi connectivity index (χ4n) is 1.36. The second-order valence-corrected chi connectivity index (χ2v) is 4.59. The molecule has 122 valence electrons. The SMILES string of the molecule is O=C(CC(F)(F)F)Nc1cccc(OC(=S)CC(F)(F)F)c1. The lowest BCUT2D eigenvalue weighted by Gasteiger charge is -2.11. The van der Waals surface area contributed by atoms with Gasteiger partial charge in [-0.15, -0.1) is 0 Å². The molecule has 1 rings (SSSR count). The summed E-state index contributed by atoms with van der Waals surface area (Å²) in [6.07, 6.45) is -12.3. The minimum Gasteiger partial charge on any atom is -0.450 e. The Balaban J connectivity index is 2.66. The van der Waals surface area contributed by atoms with Crippen LogP contribution in [0.25, 0.3) is 0 Å². The Morgan fingerprint density at radius 2 is 1.68 bits per heavy atom. The van der Waals surface area contributed by atoms with Crippen LogP contribution in [0.5, 0.6) is 5.75 Å². The first-order chi connectivity index (χ1) is 9.94. The maximum Gasteiger partial charge on any atom is 0.397 e. The number of carbonyl (C=O) groups excluding carboxylic acids is 1. The van der Waals surface area contributed by atoms with Gasteiger partial charge in [0.05, 0.1) is 0 Å². The molecule has 0 atom stereocenters. The number of benzene rings is 1. The number of alkyl halides is 6. The van der Waals surface area contributed by atoms with E-state index in [0.717, 1.165) is 6.07 Å². The van der Waals surface area contributed by atoms with E-state index >= 15 is 0 Å². The van der Waals surface area contributed by atoms with Crippen molar-refractivity contribution in [1.82, 2.24) is 0 Å². The zero-order valence-electron chi connectivity index (χ0n) is 10.7. The van der Waals surface area contributed by atoms with Gasteiger partial charge < -0.3 is 10.1 Å². The van der Waals surface area contributed by atoms with Crippen LogP contribution in [0.4, 0.5) is 32.0 Å². The number of halogens is 6. The van der Waals surface area contributed by atoms with Gasteiger partial charge in [-0.3, -0.25) is 4.79 Å². The minimum atomic E-state index is -4.66. The molecule has 0 saturated carbocycles. The highest BCUT2D eigenvalue weighted by Gasteiger charge is 2.31. The van der Waals surface area contributed by atoms with Gasteiger partial charge in [-0.05, 0) is 24.4 Å². The van der Waals surface area contributed by atoms with Crippen molar-refractivity contribution >= 4 is 28.9 Å². The Hall–Kier alpha value is -1.84. The van der Waals surface area contributed by atoms with Crippen LogP contribution in [0.3, 0.4) is 0 Å². The molecule has 0 radical (unpaired) electrons. The van der Waals surface area contributed by atoms with Crippen LogP contribution in [0.1, 0.15) is 12.8 Å². The minimum absolute atomic E-state index is 0.0541. The van der Waals surface area contributed by atoms with Crippen LogP contribution in [0, 0.1) is 0 Å². The molecule has 0 unspecified atom stereocenters. The number of nitrogens with one attached hydrogen (secondary N) is 1. The fourth-order valence-corrected chi connectivity index (χ4v) is 1.62. The van der Waals surface area contributed by atoms with Crippen LogP contribution >= 0.6 is 12.2 Å². The zero-order chi connectivity index (χ0) is 17.0. The molecule has 0 saturated heterocycles. The number of anilines is 1. The van der Waals surface area contributed by atoms with Gasteiger partial charge in [-0.25, -0.2) is 0 Å². The molecule has 1 N–H and O–H groups in total. The summed E-state index contributed by atoms with van der Waals surface area (Å²) in [5.74, 6) is -1.43. The Morgan fingerprint density at radius 3 is 2.23 bits per heavy atom. The number of amides is 1. The molecule has 0 aliphatic rings. The molecule has 3 nitrogen and oxygen atoms in total. The van der Waals surface area contributed by atoms with Crippen molar-refractivity contribution in [2.75, 3.05) is 5.32 Å². The van der Waals surface area contributed by atoms with Gasteiger partial charge in [0.15, 0.2) is 5.05 Å². The van der Waals surface area contributed by atoms with Gasteiger partial charge >= 0.3 is 12.4 Å². The largest absolute Gasteiger partial charge is 0.450 e. The smallest absolute Gasteiger partial charge is 0.397 e. The quantitative estimate of drug-likeness (QED) is 0.655. The van der Waals surface area contributed by atoms with Crippen molar-refractivity contribution < 1.29 is 35.9 Å². The second-order valence-electron chi connectivity index (χ2n) is 4.13. The van der Waals surface area contributed by atoms with Gasteiger partial charge in [-0.2, -0.15) is 26.3 Å². The van der Waals surface area contributed by atoms with Gasteiger partial charge in [0.2, 0.25) is 5.91 Å². The number of hydrogen-bond donors (Lipinski definition) is 1. The van der Waals surface area contributed by atoms with Crippen molar-refractivity contribution in [3.63, 3.8) is 0 Å². The highest BCUT2D eigenvalue weighted by molar-refractivity contribution is 7.80. The Kier molecular flexibility index (Phi) is 5.75. The third-order valence-corrected chi connectivity index (χ3v) is 2.28. The number of thiocarbonyl (C=S) groups is 1. The van der Waals surface area contributed by atoms with Crippen LogP contribution < -0.4 is 10.1 Å². The van der Waals surface area contributed by atoms with E-state index in [1.807, 2.05) is 5.32 Å². The van der Waals surface area contributed by atoms with E-state index in [-0.39, 0.29) is 11.4 Å². The summed E-state index contributed by atoms with van der Waals surface area (Å²) >= 11 is 4.41. The highest BCUT2D eigenvalue weighted by atomic mass is 32.1. The van der Waals surface area contributed by atoms with E-state index < -0.39 is 36.2 Å². The highest BCUT2D eigenvalue weighted by Crippen LogP contribution is 2.24. The average Bonchev–Trinajstić information content (AvgIpc) is 2.22. The third kappa shape index (κ3) is 7.81. The molecular weight excluding hydrogens is 336 g/mol. The van der Waals surface area contributed by atoms with Gasteiger partial charge in [-0.1, -0.05) is 6.07 Å². The summed E-state index contributed by atoms with van der Waals surface area (Å²) in [5, 5.41) is 1.21. The van der Waals surface area contributed by atoms with E-state index in [0.29, 0.717) is 0 Å². The van der Waals surface area contributed by atoms with E-state index in [9.17, 15) is 31.1 Å². The van der Waals surface area contributed by atoms with Crippen molar-refractivity contribution in [2.24, 2.45) is 0 Å². The maximum atomic E-state index is 12.1. The first kappa shape index (κ1) is 18.2. The van der Waals surface area contributed by atoms with E-state index in [2.05, 4.69) is 12.2 Å². The number of ether oxygens (including phenoxy) is 1. The molecule has 0 heterocycles. The first-order valence-corrected chi connectivity index (χ1v) is 6.09. The summed E-state index contributed by atoms with van der Waals surface area (Å²) in [4.78, 5) is 11.1. The molecule has 0 fully saturated rings. The summed E-state index contributed by atoms with van der Waals surface area (Å²) in [6.45, 7) is 0. The third-order valence-electron chi connectivity index (χ3n) is 2.06. The van der Waals surface area contributed by atoms with Gasteiger partial charge in [0.25, 0.3) is 0 Å². The van der Waals surface area contributed by atoms with Crippen LogP contribution in [0.2, 0.25) is 0 Å². The first-order valence-electron chi connectivity index (χ1n) is 5.69. The lowest BCUT2D eigenvalue weighted by atomic mass is 10.3. The Morgan fingerprint density at radius 1 is 1.09 bits per heavy atom. The van der Waals surface area contributed by atoms with Gasteiger partial charge in [0, 0.05) is 11.8 Å². The van der Waals surface area contributed by atoms with Crippen LogP contribution in [-0.2, 0) is 4.79 Å². The molecule has 0 bridgehead atoms. The molecule has 10 heteroatoms. The average molecular weight is 345 g/mol. The number of rotatable bonds is 4. The molecule has 0 aliphatic carbocycles. The molecule has 0 aliphatic heterocycles. The lowest BCUT2D eigenvalue weighted by molar-refractivity contribution is -0.150. The maximum absolute atomic E-state index is 12.1. The standard InChI is InChI=1S/C12H9F6NO2S/c13-11(14,15)5-9(20)19-7-2-1-3-8(4-7)21-10(22)6-12(16,17)18/h1-4H,5-6H2,(H,19,20). The molecule has 1 amide bonds. The molecular formula is C12H9F6NO2S. The lowest BCUT2D eigenvalue weighted by Crippen LogP contribution is -2.21. The summed E-state index contributed by atoms with van der Waals surface area (Å²) in [7, 11) is 0. The van der Waals surface area contributed by atoms with Crippen molar-refractivity contribution in [3.05, 3.63) is 24.3 Å². The predicted molar refractivity (Wildman–Crippen MR) is 69.6 cm³/mol. The molecule has 0 spiro atoms. The molecule has 0 aromatic heterocycles. The second kappa shape index (κ2) is 6.95. The van der Waals surface area contributed by atoms with E-state index in [1.165, 1.54) is 18.2 Å². The Labute approximate surface area is 126 Å². The van der Waals surface area contributed by atoms with Gasteiger partial charge in [0.1, 0.15) is 18.6 Å². The molecule has 1 aromatic rings. The fraction of sp³-hybridized carbons (Fsp3) is 0.333. The van der Waals surface area contributed by atoms with E-state index in [1.54, 1.807) is 0 Å². The zero-order valence-corrected chi connectivity index (χ0v) is 11.5. The van der Waals surface area contributed by atoms with Crippen LogP contribution in [-0.4, -0.2) is 23.3 Å². The van der Waals surface area contributed by atoms with Crippen molar-refractivity contribution in [3.8, 4) is 5.75 Å². The summed E-state index contributed by atoms with van der Waals surface area (Å²) in [6, 6.07) is 4.86.